The van der Waals surface area contributed by atoms with E-state index in [0.717, 1.165) is 18.2 Å². The van der Waals surface area contributed by atoms with Crippen molar-refractivity contribution in [1.29, 1.82) is 0 Å². The van der Waals surface area contributed by atoms with Gasteiger partial charge in [0.05, 0.1) is 11.3 Å². The number of hydrogen-bond acceptors (Lipinski definition) is 4. The number of piperazine rings is 1. The van der Waals surface area contributed by atoms with Gasteiger partial charge in [0, 0.05) is 38.2 Å². The Labute approximate surface area is 170 Å². The van der Waals surface area contributed by atoms with Crippen molar-refractivity contribution in [2.45, 2.75) is 12.5 Å². The fourth-order valence-electron chi connectivity index (χ4n) is 3.53. The van der Waals surface area contributed by atoms with E-state index in [-0.39, 0.29) is 55.3 Å². The van der Waals surface area contributed by atoms with Crippen molar-refractivity contribution in [2.75, 3.05) is 26.2 Å². The minimum Gasteiger partial charge on any atom is -0.382 e. The Hall–Kier alpha value is -3.36. The molecule has 0 aromatic heterocycles. The van der Waals surface area contributed by atoms with Gasteiger partial charge in [-0.1, -0.05) is 17.3 Å². The Morgan fingerprint density at radius 3 is 2.37 bits per heavy atom. The molecule has 0 saturated carbocycles. The number of hydrogen-bond donors (Lipinski definition) is 0. The van der Waals surface area contributed by atoms with Crippen molar-refractivity contribution in [2.24, 2.45) is 5.16 Å². The summed E-state index contributed by atoms with van der Waals surface area (Å²) in [6.07, 6.45) is -0.912. The summed E-state index contributed by atoms with van der Waals surface area (Å²) in [5.74, 6) is -2.62. The molecule has 2 aliphatic rings. The first-order chi connectivity index (χ1) is 14.4. The smallest absolute Gasteiger partial charge is 0.267 e. The lowest BCUT2D eigenvalue weighted by molar-refractivity contribution is -0.143. The molecule has 1 saturated heterocycles. The summed E-state index contributed by atoms with van der Waals surface area (Å²) in [6, 6.07) is 8.75. The maximum Gasteiger partial charge on any atom is 0.267 e. The lowest BCUT2D eigenvalue weighted by Gasteiger charge is -2.35. The maximum atomic E-state index is 13.9. The Kier molecular flexibility index (Phi) is 5.43. The van der Waals surface area contributed by atoms with Gasteiger partial charge in [0.2, 0.25) is 6.10 Å². The average molecular weight is 417 g/mol. The fourth-order valence-corrected chi connectivity index (χ4v) is 3.53. The van der Waals surface area contributed by atoms with Crippen LogP contribution in [-0.2, 0) is 9.63 Å². The largest absolute Gasteiger partial charge is 0.382 e. The molecule has 1 unspecified atom stereocenters. The Bertz CT molecular complexity index is 1020. The predicted octanol–water partition coefficient (Wildman–Crippen LogP) is 2.58. The Balaban J connectivity index is 1.35. The first kappa shape index (κ1) is 19.9. The molecule has 2 aromatic rings. The molecule has 1 fully saturated rings. The molecule has 0 bridgehead atoms. The molecule has 2 aromatic carbocycles. The van der Waals surface area contributed by atoms with Crippen LogP contribution in [0.2, 0.25) is 0 Å². The first-order valence-electron chi connectivity index (χ1n) is 9.45. The van der Waals surface area contributed by atoms with Gasteiger partial charge in [-0.2, -0.15) is 0 Å². The second-order valence-corrected chi connectivity index (χ2v) is 7.06. The zero-order chi connectivity index (χ0) is 21.3. The van der Waals surface area contributed by atoms with Crippen LogP contribution in [0.5, 0.6) is 0 Å². The highest BCUT2D eigenvalue weighted by Crippen LogP contribution is 2.22. The Morgan fingerprint density at radius 1 is 0.933 bits per heavy atom. The number of benzene rings is 2. The Morgan fingerprint density at radius 2 is 1.63 bits per heavy atom. The number of halogens is 3. The summed E-state index contributed by atoms with van der Waals surface area (Å²) in [4.78, 5) is 33.4. The summed E-state index contributed by atoms with van der Waals surface area (Å²) in [5, 5.41) is 3.75. The summed E-state index contributed by atoms with van der Waals surface area (Å²) in [5.41, 5.74) is 0.121. The van der Waals surface area contributed by atoms with E-state index >= 15 is 0 Å². The second-order valence-electron chi connectivity index (χ2n) is 7.06. The van der Waals surface area contributed by atoms with E-state index in [2.05, 4.69) is 5.16 Å². The molecular formula is C21H18F3N3O3. The minimum atomic E-state index is -0.934. The molecule has 0 N–H and O–H groups in total. The van der Waals surface area contributed by atoms with E-state index < -0.39 is 29.5 Å². The van der Waals surface area contributed by atoms with Crippen LogP contribution in [0.1, 0.15) is 22.3 Å². The number of amides is 2. The van der Waals surface area contributed by atoms with Crippen LogP contribution in [0.15, 0.2) is 47.6 Å². The van der Waals surface area contributed by atoms with E-state index in [9.17, 15) is 22.8 Å². The highest BCUT2D eigenvalue weighted by molar-refractivity contribution is 6.04. The van der Waals surface area contributed by atoms with Crippen molar-refractivity contribution >= 4 is 17.5 Å². The molecule has 0 spiro atoms. The zero-order valence-corrected chi connectivity index (χ0v) is 15.9. The highest BCUT2D eigenvalue weighted by atomic mass is 19.1. The number of oxime groups is 1. The van der Waals surface area contributed by atoms with Crippen molar-refractivity contribution < 1.29 is 27.6 Å². The van der Waals surface area contributed by atoms with Crippen LogP contribution in [0.4, 0.5) is 13.2 Å². The fraction of sp³-hybridized carbons (Fsp3) is 0.286. The molecule has 4 rings (SSSR count). The van der Waals surface area contributed by atoms with Crippen LogP contribution >= 0.6 is 0 Å². The second kappa shape index (κ2) is 8.17. The molecule has 0 radical (unpaired) electrons. The van der Waals surface area contributed by atoms with Gasteiger partial charge in [0.15, 0.2) is 0 Å². The van der Waals surface area contributed by atoms with Gasteiger partial charge in [0.25, 0.3) is 11.8 Å². The molecule has 2 aliphatic heterocycles. The van der Waals surface area contributed by atoms with Crippen molar-refractivity contribution in [3.05, 3.63) is 71.0 Å². The first-order valence-corrected chi connectivity index (χ1v) is 9.45. The van der Waals surface area contributed by atoms with Gasteiger partial charge in [0.1, 0.15) is 17.5 Å². The molecule has 1 atom stereocenters. The summed E-state index contributed by atoms with van der Waals surface area (Å²) < 4.78 is 41.2. The monoisotopic (exact) mass is 417 g/mol. The standard InChI is InChI=1S/C21H18F3N3O3/c22-13-5-6-17(24)15(11-13)18-12-19(30-25-18)21(29)27-9-7-26(8-10-27)20(28)14-3-1-2-4-16(14)23/h1-6,11,19H,7-10,12H2. The zero-order valence-electron chi connectivity index (χ0n) is 15.9. The topological polar surface area (TPSA) is 62.2 Å². The van der Waals surface area contributed by atoms with Gasteiger partial charge < -0.3 is 14.6 Å². The SMILES string of the molecule is O=C(c1ccccc1F)N1CCN(C(=O)C2CC(c3cc(F)ccc3F)=NO2)CC1. The molecule has 2 heterocycles. The van der Waals surface area contributed by atoms with Gasteiger partial charge in [-0.05, 0) is 30.3 Å². The summed E-state index contributed by atoms with van der Waals surface area (Å²) in [6.45, 7) is 1.00. The number of nitrogens with zero attached hydrogens (tertiary/aromatic N) is 3. The van der Waals surface area contributed by atoms with Crippen LogP contribution in [0.25, 0.3) is 0 Å². The van der Waals surface area contributed by atoms with Gasteiger partial charge in [-0.15, -0.1) is 0 Å². The molecule has 2 amide bonds. The van der Waals surface area contributed by atoms with Crippen molar-refractivity contribution in [3.8, 4) is 0 Å². The molecule has 30 heavy (non-hydrogen) atoms. The van der Waals surface area contributed by atoms with Crippen LogP contribution in [-0.4, -0.2) is 59.6 Å². The number of rotatable bonds is 3. The highest BCUT2D eigenvalue weighted by Gasteiger charge is 2.35. The summed E-state index contributed by atoms with van der Waals surface area (Å²) >= 11 is 0. The lowest BCUT2D eigenvalue weighted by Crippen LogP contribution is -2.53. The third kappa shape index (κ3) is 3.87. The van der Waals surface area contributed by atoms with Gasteiger partial charge >= 0.3 is 0 Å². The maximum absolute atomic E-state index is 13.9. The van der Waals surface area contributed by atoms with E-state index in [4.69, 9.17) is 4.84 Å². The predicted molar refractivity (Wildman–Crippen MR) is 101 cm³/mol. The van der Waals surface area contributed by atoms with Crippen molar-refractivity contribution in [3.63, 3.8) is 0 Å². The summed E-state index contributed by atoms with van der Waals surface area (Å²) in [7, 11) is 0. The number of carbonyl (C=O) groups excluding carboxylic acids is 2. The van der Waals surface area contributed by atoms with E-state index in [1.807, 2.05) is 0 Å². The molecule has 156 valence electrons. The normalized spacial score (nSPS) is 18.8. The van der Waals surface area contributed by atoms with Crippen LogP contribution < -0.4 is 0 Å². The third-order valence-electron chi connectivity index (χ3n) is 5.17. The molecular weight excluding hydrogens is 399 g/mol. The molecule has 6 nitrogen and oxygen atoms in total. The van der Waals surface area contributed by atoms with Crippen LogP contribution in [0, 0.1) is 17.5 Å². The van der Waals surface area contributed by atoms with E-state index in [1.165, 1.54) is 28.0 Å². The van der Waals surface area contributed by atoms with Gasteiger partial charge in [-0.3, -0.25) is 9.59 Å². The van der Waals surface area contributed by atoms with Gasteiger partial charge in [-0.25, -0.2) is 13.2 Å². The lowest BCUT2D eigenvalue weighted by atomic mass is 10.0. The van der Waals surface area contributed by atoms with E-state index in [1.54, 1.807) is 6.07 Å². The third-order valence-corrected chi connectivity index (χ3v) is 5.17. The quantitative estimate of drug-likeness (QED) is 0.771. The van der Waals surface area contributed by atoms with Crippen molar-refractivity contribution in [1.82, 2.24) is 9.80 Å². The van der Waals surface area contributed by atoms with Crippen LogP contribution in [0.3, 0.4) is 0 Å². The number of carbonyl (C=O) groups is 2. The molecule has 9 heteroatoms. The van der Waals surface area contributed by atoms with E-state index in [0.29, 0.717) is 0 Å². The molecule has 0 aliphatic carbocycles. The average Bonchev–Trinajstić information content (AvgIpc) is 3.25. The minimum absolute atomic E-state index is 0.00781.